The molecule has 0 unspecified atom stereocenters. The van der Waals surface area contributed by atoms with Gasteiger partial charge in [-0.1, -0.05) is 211 Å². The van der Waals surface area contributed by atoms with Gasteiger partial charge in [-0.2, -0.15) is 28.4 Å². The van der Waals surface area contributed by atoms with Crippen LogP contribution >= 0.6 is 76.3 Å². The first-order chi connectivity index (χ1) is 52.7. The van der Waals surface area contributed by atoms with E-state index in [1.54, 1.807) is 39.0 Å². The minimum atomic E-state index is -0.895. The Kier molecular flexibility index (Phi) is 29.6. The molecule has 3 fully saturated rings. The Morgan fingerprint density at radius 1 is 0.460 bits per heavy atom. The van der Waals surface area contributed by atoms with E-state index in [0.29, 0.717) is 28.9 Å². The molecule has 24 heteroatoms. The molecule has 580 valence electrons. The number of hydrogen-bond donors (Lipinski definition) is 3. The molecule has 11 aromatic carbocycles. The van der Waals surface area contributed by atoms with E-state index >= 15 is 0 Å². The van der Waals surface area contributed by atoms with Crippen LogP contribution in [0.25, 0.3) is 75.8 Å². The molecule has 12 aromatic rings. The van der Waals surface area contributed by atoms with Crippen molar-refractivity contribution in [1.29, 1.82) is 15.8 Å². The number of nitrogens with two attached hydrogens (primary N) is 1. The van der Waals surface area contributed by atoms with E-state index in [0.717, 1.165) is 105 Å². The summed E-state index contributed by atoms with van der Waals surface area (Å²) in [5, 5.41) is 48.3. The maximum atomic E-state index is 11.1. The quantitative estimate of drug-likeness (QED) is 0.0763. The number of carboxylic acid groups (broad SMARTS) is 1. The molecule has 0 bridgehead atoms. The Balaban J connectivity index is 0.000000168. The van der Waals surface area contributed by atoms with E-state index in [1.807, 2.05) is 253 Å². The van der Waals surface area contributed by atoms with Crippen LogP contribution in [0.2, 0.25) is 0 Å². The topological polar surface area (TPSA) is 246 Å². The van der Waals surface area contributed by atoms with E-state index in [1.165, 1.54) is 0 Å². The molecule has 1 amide bonds. The molecule has 113 heavy (non-hydrogen) atoms. The zero-order chi connectivity index (χ0) is 82.1. The Morgan fingerprint density at radius 2 is 0.814 bits per heavy atom. The third kappa shape index (κ3) is 20.7. The fraction of sp³-hybridized carbons (Fsp3) is 0.270. The first kappa shape index (κ1) is 89.8. The SMILES string of the molecule is C.CC1(C)OB(B2OC(C)(C)C(C)(C)O2)OC1(C)C.CC1(C)OB(c2cccc3c(C#N)cccc23)OC1(C)C.CCOC(=O)C(C)(C)S.N#Cc1cccc2c(-c3cncc4ccc(Br)cc34)cccc12.N#Cc1cccc2c(Br)cccc12.NC(=O)c1cccc2c(Br)cccc12.O=C(O)c1cccc2c(Br)cccc12. The highest BCUT2D eigenvalue weighted by molar-refractivity contribution is 9.11. The number of amides is 1. The zero-order valence-electron chi connectivity index (χ0n) is 65.0. The second-order valence-electron chi connectivity index (χ2n) is 30.1. The lowest BCUT2D eigenvalue weighted by molar-refractivity contribution is -0.145. The zero-order valence-corrected chi connectivity index (χ0v) is 72.2. The Hall–Kier alpha value is -8.77. The third-order valence-corrected chi connectivity index (χ3v) is 23.2. The van der Waals surface area contributed by atoms with Crippen molar-refractivity contribution in [2.24, 2.45) is 5.73 Å². The van der Waals surface area contributed by atoms with Crippen LogP contribution in [0, 0.1) is 34.0 Å². The van der Waals surface area contributed by atoms with E-state index in [-0.39, 0.29) is 47.0 Å². The highest BCUT2D eigenvalue weighted by Crippen LogP contribution is 2.44. The number of aromatic nitrogens is 1. The maximum Gasteiger partial charge on any atom is 0.495 e. The molecule has 4 heterocycles. The first-order valence-corrected chi connectivity index (χ1v) is 39.6. The summed E-state index contributed by atoms with van der Waals surface area (Å²) < 4.78 is 44.1. The molecular weight excluding hydrogens is 1700 g/mol. The molecule has 16 nitrogen and oxygen atoms in total. The second kappa shape index (κ2) is 37.2. The van der Waals surface area contributed by atoms with Crippen molar-refractivity contribution in [3.05, 3.63) is 258 Å². The van der Waals surface area contributed by atoms with Crippen LogP contribution in [0.3, 0.4) is 0 Å². The van der Waals surface area contributed by atoms with Crippen LogP contribution < -0.4 is 11.2 Å². The number of carbonyl (C=O) groups is 3. The van der Waals surface area contributed by atoms with Gasteiger partial charge in [0.1, 0.15) is 4.75 Å². The van der Waals surface area contributed by atoms with Gasteiger partial charge in [0.25, 0.3) is 0 Å². The summed E-state index contributed by atoms with van der Waals surface area (Å²) in [5.74, 6) is -1.56. The average Bonchev–Trinajstić information content (AvgIpc) is 1.61. The largest absolute Gasteiger partial charge is 0.495 e. The van der Waals surface area contributed by atoms with Crippen molar-refractivity contribution in [3.8, 4) is 29.3 Å². The molecule has 3 saturated heterocycles. The predicted octanol–water partition coefficient (Wildman–Crippen LogP) is 22.3. The molecule has 0 atom stereocenters. The van der Waals surface area contributed by atoms with E-state index in [9.17, 15) is 24.9 Å². The Bertz CT molecular complexity index is 5490. The normalized spacial score (nSPS) is 15.5. The number of thiol groups is 1. The molecule has 0 spiro atoms. The van der Waals surface area contributed by atoms with Crippen molar-refractivity contribution < 1.29 is 52.2 Å². The number of hydrogen-bond acceptors (Lipinski definition) is 15. The molecule has 3 aliphatic rings. The highest BCUT2D eigenvalue weighted by Gasteiger charge is 2.64. The molecule has 0 radical (unpaired) electrons. The number of halogens is 4. The van der Waals surface area contributed by atoms with Crippen molar-refractivity contribution in [1.82, 2.24) is 4.98 Å². The number of carbonyl (C=O) groups excluding carboxylic acids is 2. The minimum Gasteiger partial charge on any atom is -0.478 e. The van der Waals surface area contributed by atoms with Crippen molar-refractivity contribution in [2.75, 3.05) is 6.61 Å². The molecule has 15 rings (SSSR count). The monoisotopic (exact) mass is 1790 g/mol. The second-order valence-corrected chi connectivity index (χ2v) is 34.6. The summed E-state index contributed by atoms with van der Waals surface area (Å²) in [5.41, 5.74) is 9.22. The third-order valence-electron chi connectivity index (χ3n) is 20.4. The van der Waals surface area contributed by atoms with Gasteiger partial charge in [-0.3, -0.25) is 14.6 Å². The van der Waals surface area contributed by atoms with Gasteiger partial charge in [0.15, 0.2) is 0 Å². The number of fused-ring (bicyclic) bond motifs is 6. The van der Waals surface area contributed by atoms with Gasteiger partial charge in [-0.25, -0.2) is 4.79 Å². The van der Waals surface area contributed by atoms with Gasteiger partial charge < -0.3 is 43.5 Å². The fourth-order valence-corrected chi connectivity index (χ4v) is 14.1. The summed E-state index contributed by atoms with van der Waals surface area (Å²) in [6, 6.07) is 70.0. The number of primary amides is 1. The maximum absolute atomic E-state index is 11.1. The number of aromatic carboxylic acids is 1. The molecule has 3 aliphatic heterocycles. The van der Waals surface area contributed by atoms with Crippen molar-refractivity contribution in [2.45, 2.75) is 150 Å². The van der Waals surface area contributed by atoms with Crippen molar-refractivity contribution in [3.63, 3.8) is 0 Å². The standard InChI is InChI=1S/C20H11BrN2.C17H18BNO2.C12H24B2O4.C11H8BrNO.C11H6BrN.C11H7BrO2.C6H12O2S.CH4/c21-15-8-7-14-11-23-12-20(19(14)9-15)18-6-2-4-16-13(10-22)3-1-5-17(16)18;1-16(2)17(3,4)21-18(20-16)15-10-6-8-13-12(11-19)7-5-9-14(13)15;1-9(2)10(3,4)16-13(15-9)14-17-11(5,6)12(7,8)18-14;12-10-6-2-3-7-8(10)4-1-5-9(7)11(13)14;12-11-6-2-4-9-8(7-13)3-1-5-10(9)11;12-10-6-2-3-7-8(10)4-1-5-9(7)11(13)14;1-4-8-5(7)6(2,3)9;/h1-9,11-12H;5-10H,1-4H3;1-8H3;1-6H,(H2,13,14);1-6H;1-6H,(H,13,14);9H,4H2,1-3H3;1H4. The fourth-order valence-electron chi connectivity index (χ4n) is 12.2. The predicted molar refractivity (Wildman–Crippen MR) is 475 cm³/mol. The summed E-state index contributed by atoms with van der Waals surface area (Å²) in [7, 11) is -1.36. The van der Waals surface area contributed by atoms with E-state index in [2.05, 4.69) is 124 Å². The summed E-state index contributed by atoms with van der Waals surface area (Å²) in [6.45, 7) is 30.0. The van der Waals surface area contributed by atoms with Crippen molar-refractivity contribution >= 4 is 185 Å². The average molecular weight is 1790 g/mol. The number of nitriles is 3. The van der Waals surface area contributed by atoms with Crippen LogP contribution in [-0.2, 0) is 37.5 Å². The van der Waals surface area contributed by atoms with Crippen LogP contribution in [0.4, 0.5) is 0 Å². The molecular formula is C89H90B3Br4N5O11S. The highest BCUT2D eigenvalue weighted by atomic mass is 79.9. The van der Waals surface area contributed by atoms with Crippen LogP contribution in [0.5, 0.6) is 0 Å². The number of ether oxygens (including phenoxy) is 1. The lowest BCUT2D eigenvalue weighted by Crippen LogP contribution is -2.41. The van der Waals surface area contributed by atoms with Crippen LogP contribution in [0.15, 0.2) is 230 Å². The Morgan fingerprint density at radius 3 is 1.24 bits per heavy atom. The van der Waals surface area contributed by atoms with Crippen LogP contribution in [0.1, 0.15) is 149 Å². The first-order valence-electron chi connectivity index (χ1n) is 36.0. The van der Waals surface area contributed by atoms with E-state index < -0.39 is 37.8 Å². The number of esters is 1. The van der Waals surface area contributed by atoms with Crippen LogP contribution in [-0.4, -0.2) is 94.0 Å². The summed E-state index contributed by atoms with van der Waals surface area (Å²) in [4.78, 5) is 37.2. The molecule has 3 N–H and O–H groups in total. The molecule has 0 aliphatic carbocycles. The van der Waals surface area contributed by atoms with Gasteiger partial charge in [-0.05, 0) is 224 Å². The minimum absolute atomic E-state index is 0. The lowest BCUT2D eigenvalue weighted by atomic mass is 9.49. The summed E-state index contributed by atoms with van der Waals surface area (Å²) in [6.07, 6.45) is 3.76. The smallest absolute Gasteiger partial charge is 0.478 e. The number of carboxylic acids is 1. The molecule has 1 aromatic heterocycles. The number of pyridine rings is 1. The van der Waals surface area contributed by atoms with Gasteiger partial charge in [-0.15, -0.1) is 0 Å². The Labute approximate surface area is 702 Å². The van der Waals surface area contributed by atoms with Gasteiger partial charge in [0, 0.05) is 57.6 Å². The lowest BCUT2D eigenvalue weighted by Gasteiger charge is -2.32. The van der Waals surface area contributed by atoms with E-state index in [4.69, 9.17) is 48.8 Å². The number of nitrogens with zero attached hydrogens (tertiary/aromatic N) is 4. The molecule has 0 saturated carbocycles. The number of benzene rings is 11. The van der Waals surface area contributed by atoms with Gasteiger partial charge in [0.2, 0.25) is 5.91 Å². The number of rotatable bonds is 7. The van der Waals surface area contributed by atoms with Gasteiger partial charge in [0.05, 0.1) is 80.7 Å². The summed E-state index contributed by atoms with van der Waals surface area (Å²) >= 11 is 17.8. The van der Waals surface area contributed by atoms with Gasteiger partial charge >= 0.3 is 33.1 Å².